The first-order valence-corrected chi connectivity index (χ1v) is 6.62. The van der Waals surface area contributed by atoms with E-state index in [-0.39, 0.29) is 12.0 Å². The molecule has 1 amide bonds. The minimum Gasteiger partial charge on any atom is -0.491 e. The van der Waals surface area contributed by atoms with Gasteiger partial charge in [-0.15, -0.1) is 12.3 Å². The van der Waals surface area contributed by atoms with Crippen molar-refractivity contribution in [3.8, 4) is 18.1 Å². The van der Waals surface area contributed by atoms with Gasteiger partial charge in [0.1, 0.15) is 5.75 Å². The van der Waals surface area contributed by atoms with E-state index in [4.69, 9.17) is 11.2 Å². The first-order chi connectivity index (χ1) is 9.13. The number of hydrogen-bond acceptors (Lipinski definition) is 2. The number of benzene rings is 1. The monoisotopic (exact) mass is 259 g/mol. The molecule has 0 saturated heterocycles. The molecule has 0 unspecified atom stereocenters. The average molecular weight is 259 g/mol. The number of terminal acetylenes is 1. The summed E-state index contributed by atoms with van der Waals surface area (Å²) in [5, 5.41) is 2.88. The lowest BCUT2D eigenvalue weighted by Gasteiger charge is -2.11. The zero-order valence-electron chi connectivity index (χ0n) is 11.6. The van der Waals surface area contributed by atoms with Gasteiger partial charge in [-0.2, -0.15) is 0 Å². The van der Waals surface area contributed by atoms with E-state index < -0.39 is 0 Å². The molecule has 1 aromatic rings. The van der Waals surface area contributed by atoms with Crippen molar-refractivity contribution >= 4 is 5.91 Å². The summed E-state index contributed by atoms with van der Waals surface area (Å²) in [6, 6.07) is 7.22. The molecule has 0 bridgehead atoms. The zero-order valence-corrected chi connectivity index (χ0v) is 11.6. The maximum Gasteiger partial charge on any atom is 0.251 e. The molecule has 3 nitrogen and oxygen atoms in total. The van der Waals surface area contributed by atoms with Crippen LogP contribution in [0.2, 0.25) is 0 Å². The van der Waals surface area contributed by atoms with E-state index >= 15 is 0 Å². The topological polar surface area (TPSA) is 38.3 Å². The minimum absolute atomic E-state index is 0.0742. The molecule has 0 saturated carbocycles. The Kier molecular flexibility index (Phi) is 6.52. The summed E-state index contributed by atoms with van der Waals surface area (Å²) < 4.78 is 5.56. The molecule has 1 rings (SSSR count). The van der Waals surface area contributed by atoms with Crippen molar-refractivity contribution in [2.45, 2.75) is 39.2 Å². The molecule has 0 fully saturated rings. The molecule has 0 radical (unpaired) electrons. The van der Waals surface area contributed by atoms with Gasteiger partial charge >= 0.3 is 0 Å². The summed E-state index contributed by atoms with van der Waals surface area (Å²) in [7, 11) is 0. The summed E-state index contributed by atoms with van der Waals surface area (Å²) in [6.45, 7) is 4.56. The van der Waals surface area contributed by atoms with Gasteiger partial charge in [0.2, 0.25) is 0 Å². The largest absolute Gasteiger partial charge is 0.491 e. The number of unbranched alkanes of at least 4 members (excludes halogenated alkanes) is 2. The van der Waals surface area contributed by atoms with E-state index in [1.165, 1.54) is 0 Å². The number of hydrogen-bond donors (Lipinski definition) is 1. The lowest BCUT2D eigenvalue weighted by Crippen LogP contribution is -2.24. The fraction of sp³-hybridized carbons (Fsp3) is 0.438. The lowest BCUT2D eigenvalue weighted by atomic mass is 10.2. The lowest BCUT2D eigenvalue weighted by molar-refractivity contribution is 0.0952. The highest BCUT2D eigenvalue weighted by Gasteiger charge is 2.06. The van der Waals surface area contributed by atoms with E-state index in [9.17, 15) is 4.79 Å². The second kappa shape index (κ2) is 8.20. The first-order valence-electron chi connectivity index (χ1n) is 6.62. The summed E-state index contributed by atoms with van der Waals surface area (Å²) >= 11 is 0. The highest BCUT2D eigenvalue weighted by atomic mass is 16.5. The SMILES string of the molecule is C#CCCCCNC(=O)c1cccc(OC(C)C)c1. The maximum atomic E-state index is 11.9. The Labute approximate surface area is 115 Å². The van der Waals surface area contributed by atoms with E-state index in [1.807, 2.05) is 26.0 Å². The van der Waals surface area contributed by atoms with Gasteiger partial charge in [0.05, 0.1) is 6.10 Å². The van der Waals surface area contributed by atoms with Gasteiger partial charge in [0.15, 0.2) is 0 Å². The summed E-state index contributed by atoms with van der Waals surface area (Å²) in [5.41, 5.74) is 0.620. The highest BCUT2D eigenvalue weighted by molar-refractivity contribution is 5.94. The van der Waals surface area contributed by atoms with Crippen molar-refractivity contribution in [3.05, 3.63) is 29.8 Å². The second-order valence-electron chi connectivity index (χ2n) is 4.61. The molecule has 0 heterocycles. The van der Waals surface area contributed by atoms with Gasteiger partial charge in [-0.05, 0) is 44.9 Å². The molecule has 0 spiro atoms. The van der Waals surface area contributed by atoms with Gasteiger partial charge in [0, 0.05) is 18.5 Å². The molecule has 0 atom stereocenters. The number of carbonyl (C=O) groups excluding carboxylic acids is 1. The molecule has 0 aliphatic carbocycles. The third-order valence-corrected chi connectivity index (χ3v) is 2.50. The average Bonchev–Trinajstić information content (AvgIpc) is 2.38. The van der Waals surface area contributed by atoms with Crippen LogP contribution in [0.4, 0.5) is 0 Å². The Bertz CT molecular complexity index is 446. The zero-order chi connectivity index (χ0) is 14.1. The molecule has 0 aliphatic heterocycles. The van der Waals surface area contributed by atoms with Crippen LogP contribution in [0.1, 0.15) is 43.5 Å². The number of nitrogens with one attached hydrogen (secondary N) is 1. The smallest absolute Gasteiger partial charge is 0.251 e. The molecule has 1 aromatic carbocycles. The van der Waals surface area contributed by atoms with Crippen molar-refractivity contribution in [1.29, 1.82) is 0 Å². The third kappa shape index (κ3) is 5.96. The van der Waals surface area contributed by atoms with Crippen molar-refractivity contribution in [2.75, 3.05) is 6.54 Å². The molecule has 19 heavy (non-hydrogen) atoms. The predicted octanol–water partition coefficient (Wildman–Crippen LogP) is 3.01. The number of carbonyl (C=O) groups is 1. The van der Waals surface area contributed by atoms with Crippen LogP contribution in [-0.4, -0.2) is 18.6 Å². The molecular formula is C16H21NO2. The fourth-order valence-corrected chi connectivity index (χ4v) is 1.64. The van der Waals surface area contributed by atoms with E-state index in [2.05, 4.69) is 11.2 Å². The third-order valence-electron chi connectivity index (χ3n) is 2.50. The van der Waals surface area contributed by atoms with Crippen LogP contribution in [0, 0.1) is 12.3 Å². The van der Waals surface area contributed by atoms with Crippen molar-refractivity contribution in [3.63, 3.8) is 0 Å². The summed E-state index contributed by atoms with van der Waals surface area (Å²) in [4.78, 5) is 11.9. The Hall–Kier alpha value is -1.95. The molecule has 102 valence electrons. The van der Waals surface area contributed by atoms with Crippen LogP contribution in [0.3, 0.4) is 0 Å². The van der Waals surface area contributed by atoms with E-state index in [0.717, 1.165) is 25.0 Å². The second-order valence-corrected chi connectivity index (χ2v) is 4.61. The minimum atomic E-state index is -0.0742. The Morgan fingerprint density at radius 3 is 2.89 bits per heavy atom. The quantitative estimate of drug-likeness (QED) is 0.604. The van der Waals surface area contributed by atoms with Gasteiger partial charge in [-0.25, -0.2) is 0 Å². The summed E-state index contributed by atoms with van der Waals surface area (Å²) in [6.07, 6.45) is 7.86. The van der Waals surface area contributed by atoms with Crippen LogP contribution in [0.15, 0.2) is 24.3 Å². The standard InChI is InChI=1S/C16H21NO2/c1-4-5-6-7-11-17-16(18)14-9-8-10-15(12-14)19-13(2)3/h1,8-10,12-13H,5-7,11H2,2-3H3,(H,17,18). The van der Waals surface area contributed by atoms with Crippen LogP contribution in [-0.2, 0) is 0 Å². The molecule has 1 N–H and O–H groups in total. The van der Waals surface area contributed by atoms with Crippen molar-refractivity contribution in [2.24, 2.45) is 0 Å². The molecular weight excluding hydrogens is 238 g/mol. The Morgan fingerprint density at radius 1 is 1.42 bits per heavy atom. The number of ether oxygens (including phenoxy) is 1. The first kappa shape index (κ1) is 15.1. The normalized spacial score (nSPS) is 10.0. The Balaban J connectivity index is 2.46. The van der Waals surface area contributed by atoms with Gasteiger partial charge < -0.3 is 10.1 Å². The van der Waals surface area contributed by atoms with Crippen LogP contribution >= 0.6 is 0 Å². The van der Waals surface area contributed by atoms with E-state index in [1.54, 1.807) is 12.1 Å². The fourth-order valence-electron chi connectivity index (χ4n) is 1.64. The number of rotatable bonds is 7. The van der Waals surface area contributed by atoms with Gasteiger partial charge in [-0.3, -0.25) is 4.79 Å². The molecule has 3 heteroatoms. The van der Waals surface area contributed by atoms with Gasteiger partial charge in [-0.1, -0.05) is 6.07 Å². The van der Waals surface area contributed by atoms with Crippen LogP contribution < -0.4 is 10.1 Å². The van der Waals surface area contributed by atoms with Crippen molar-refractivity contribution < 1.29 is 9.53 Å². The highest BCUT2D eigenvalue weighted by Crippen LogP contribution is 2.14. The molecule has 0 aliphatic rings. The Morgan fingerprint density at radius 2 is 2.21 bits per heavy atom. The van der Waals surface area contributed by atoms with Crippen LogP contribution in [0.25, 0.3) is 0 Å². The van der Waals surface area contributed by atoms with Crippen molar-refractivity contribution in [1.82, 2.24) is 5.32 Å². The maximum absolute atomic E-state index is 11.9. The van der Waals surface area contributed by atoms with Gasteiger partial charge in [0.25, 0.3) is 5.91 Å². The predicted molar refractivity (Wildman–Crippen MR) is 77.2 cm³/mol. The van der Waals surface area contributed by atoms with Crippen LogP contribution in [0.5, 0.6) is 5.75 Å². The summed E-state index contributed by atoms with van der Waals surface area (Å²) in [5.74, 6) is 3.23. The van der Waals surface area contributed by atoms with E-state index in [0.29, 0.717) is 12.1 Å². The molecule has 0 aromatic heterocycles. The number of amides is 1.